The quantitative estimate of drug-likeness (QED) is 0.929. The van der Waals surface area contributed by atoms with Gasteiger partial charge in [0, 0.05) is 12.2 Å². The van der Waals surface area contributed by atoms with Crippen molar-refractivity contribution < 1.29 is 4.74 Å². The van der Waals surface area contributed by atoms with Gasteiger partial charge in [-0.1, -0.05) is 24.3 Å². The predicted octanol–water partition coefficient (Wildman–Crippen LogP) is 3.11. The molecule has 0 aromatic heterocycles. The lowest BCUT2D eigenvalue weighted by molar-refractivity contribution is 0.322. The van der Waals surface area contributed by atoms with Crippen LogP contribution in [0.25, 0.3) is 0 Å². The van der Waals surface area contributed by atoms with Gasteiger partial charge in [0.15, 0.2) is 0 Å². The summed E-state index contributed by atoms with van der Waals surface area (Å²) in [7, 11) is 0. The van der Waals surface area contributed by atoms with E-state index in [9.17, 15) is 0 Å². The Morgan fingerprint density at radius 1 is 1.05 bits per heavy atom. The Balaban J connectivity index is 1.92. The highest BCUT2D eigenvalue weighted by Gasteiger charge is 2.17. The van der Waals surface area contributed by atoms with Crippen molar-refractivity contribution >= 4 is 11.4 Å². The molecule has 0 radical (unpaired) electrons. The van der Waals surface area contributed by atoms with Crippen molar-refractivity contribution in [2.24, 2.45) is 5.73 Å². The summed E-state index contributed by atoms with van der Waals surface area (Å²) in [5.41, 5.74) is 9.25. The molecule has 2 aromatic carbocycles. The second-order valence-electron chi connectivity index (χ2n) is 5.03. The minimum Gasteiger partial charge on any atom is -0.491 e. The molecule has 104 valence electrons. The van der Waals surface area contributed by atoms with Crippen LogP contribution >= 0.6 is 0 Å². The molecule has 0 aliphatic carbocycles. The molecule has 1 aliphatic heterocycles. The zero-order chi connectivity index (χ0) is 13.8. The summed E-state index contributed by atoms with van der Waals surface area (Å²) < 4.78 is 5.80. The number of hydrogen-bond acceptors (Lipinski definition) is 3. The molecule has 1 aliphatic rings. The van der Waals surface area contributed by atoms with Gasteiger partial charge in [-0.25, -0.2) is 0 Å². The van der Waals surface area contributed by atoms with E-state index in [-0.39, 0.29) is 0 Å². The van der Waals surface area contributed by atoms with Gasteiger partial charge in [-0.15, -0.1) is 0 Å². The first-order valence-corrected chi connectivity index (χ1v) is 7.17. The summed E-state index contributed by atoms with van der Waals surface area (Å²) in [6, 6.07) is 16.9. The first kappa shape index (κ1) is 13.0. The molecular weight excluding hydrogens is 248 g/mol. The molecule has 0 saturated heterocycles. The lowest BCUT2D eigenvalue weighted by Gasteiger charge is -2.24. The van der Waals surface area contributed by atoms with E-state index in [1.807, 2.05) is 12.1 Å². The van der Waals surface area contributed by atoms with Crippen LogP contribution in [-0.4, -0.2) is 19.7 Å². The molecule has 0 atom stereocenters. The first-order valence-electron chi connectivity index (χ1n) is 7.17. The van der Waals surface area contributed by atoms with E-state index in [0.717, 1.165) is 37.4 Å². The highest BCUT2D eigenvalue weighted by molar-refractivity contribution is 5.69. The third-order valence-corrected chi connectivity index (χ3v) is 3.62. The van der Waals surface area contributed by atoms with Crippen molar-refractivity contribution in [1.29, 1.82) is 0 Å². The largest absolute Gasteiger partial charge is 0.491 e. The fourth-order valence-corrected chi connectivity index (χ4v) is 2.60. The summed E-state index contributed by atoms with van der Waals surface area (Å²) in [6.07, 6.45) is 1.96. The van der Waals surface area contributed by atoms with Crippen molar-refractivity contribution in [1.82, 2.24) is 0 Å². The summed E-state index contributed by atoms with van der Waals surface area (Å²) in [4.78, 5) is 2.33. The van der Waals surface area contributed by atoms with E-state index in [4.69, 9.17) is 10.5 Å². The number of hydrogen-bond donors (Lipinski definition) is 1. The minimum atomic E-state index is 0.694. The number of nitrogens with two attached hydrogens (primary N) is 1. The molecule has 3 heteroatoms. The van der Waals surface area contributed by atoms with Crippen LogP contribution in [-0.2, 0) is 6.42 Å². The molecule has 20 heavy (non-hydrogen) atoms. The molecule has 2 aromatic rings. The fraction of sp³-hybridized carbons (Fsp3) is 0.294. The molecular formula is C17H20N2O. The van der Waals surface area contributed by atoms with E-state index in [2.05, 4.69) is 41.3 Å². The zero-order valence-electron chi connectivity index (χ0n) is 11.6. The van der Waals surface area contributed by atoms with Gasteiger partial charge in [0.25, 0.3) is 0 Å². The monoisotopic (exact) mass is 268 g/mol. The molecule has 3 rings (SSSR count). The SMILES string of the molecule is NCCc1ccc(N2CCCOc3ccccc32)cc1. The molecule has 0 fully saturated rings. The molecule has 0 bridgehead atoms. The topological polar surface area (TPSA) is 38.5 Å². The van der Waals surface area contributed by atoms with E-state index in [0.29, 0.717) is 6.54 Å². The number of benzene rings is 2. The van der Waals surface area contributed by atoms with Crippen LogP contribution in [0.3, 0.4) is 0 Å². The highest BCUT2D eigenvalue weighted by Crippen LogP contribution is 2.35. The minimum absolute atomic E-state index is 0.694. The molecule has 0 spiro atoms. The van der Waals surface area contributed by atoms with E-state index in [1.165, 1.54) is 11.3 Å². The normalized spacial score (nSPS) is 14.3. The van der Waals surface area contributed by atoms with Crippen molar-refractivity contribution in [3.05, 3.63) is 54.1 Å². The zero-order valence-corrected chi connectivity index (χ0v) is 11.6. The number of ether oxygens (including phenoxy) is 1. The van der Waals surface area contributed by atoms with Gasteiger partial charge < -0.3 is 15.4 Å². The smallest absolute Gasteiger partial charge is 0.142 e. The third kappa shape index (κ3) is 2.63. The maximum Gasteiger partial charge on any atom is 0.142 e. The number of rotatable bonds is 3. The standard InChI is InChI=1S/C17H20N2O/c18-11-10-14-6-8-15(9-7-14)19-12-3-13-20-17-5-2-1-4-16(17)19/h1-2,4-9H,3,10-13,18H2. The van der Waals surface area contributed by atoms with E-state index < -0.39 is 0 Å². The van der Waals surface area contributed by atoms with Crippen molar-refractivity contribution in [2.75, 3.05) is 24.6 Å². The van der Waals surface area contributed by atoms with Crippen molar-refractivity contribution in [3.8, 4) is 5.75 Å². The Bertz CT molecular complexity index is 565. The van der Waals surface area contributed by atoms with Gasteiger partial charge in [0.05, 0.1) is 12.3 Å². The molecule has 0 amide bonds. The van der Waals surface area contributed by atoms with Crippen LogP contribution in [0.1, 0.15) is 12.0 Å². The second-order valence-corrected chi connectivity index (χ2v) is 5.03. The van der Waals surface area contributed by atoms with Crippen LogP contribution in [0.15, 0.2) is 48.5 Å². The van der Waals surface area contributed by atoms with Crippen molar-refractivity contribution in [2.45, 2.75) is 12.8 Å². The average molecular weight is 268 g/mol. The third-order valence-electron chi connectivity index (χ3n) is 3.62. The first-order chi connectivity index (χ1) is 9.88. The highest BCUT2D eigenvalue weighted by atomic mass is 16.5. The number of para-hydroxylation sites is 2. The van der Waals surface area contributed by atoms with Crippen LogP contribution in [0, 0.1) is 0 Å². The molecule has 0 unspecified atom stereocenters. The van der Waals surface area contributed by atoms with Gasteiger partial charge in [-0.3, -0.25) is 0 Å². The Labute approximate surface area is 120 Å². The number of nitrogens with zero attached hydrogens (tertiary/aromatic N) is 1. The summed E-state index contributed by atoms with van der Waals surface area (Å²) >= 11 is 0. The summed E-state index contributed by atoms with van der Waals surface area (Å²) in [6.45, 7) is 2.45. The van der Waals surface area contributed by atoms with Crippen molar-refractivity contribution in [3.63, 3.8) is 0 Å². The molecule has 3 nitrogen and oxygen atoms in total. The Morgan fingerprint density at radius 3 is 2.65 bits per heavy atom. The van der Waals surface area contributed by atoms with Gasteiger partial charge in [-0.05, 0) is 49.2 Å². The van der Waals surface area contributed by atoms with E-state index in [1.54, 1.807) is 0 Å². The van der Waals surface area contributed by atoms with Crippen LogP contribution in [0.4, 0.5) is 11.4 Å². The second kappa shape index (κ2) is 5.97. The maximum absolute atomic E-state index is 5.80. The number of anilines is 2. The fourth-order valence-electron chi connectivity index (χ4n) is 2.60. The van der Waals surface area contributed by atoms with Gasteiger partial charge in [0.2, 0.25) is 0 Å². The van der Waals surface area contributed by atoms with E-state index >= 15 is 0 Å². The summed E-state index contributed by atoms with van der Waals surface area (Å²) in [5, 5.41) is 0. The van der Waals surface area contributed by atoms with Gasteiger partial charge in [0.1, 0.15) is 5.75 Å². The average Bonchev–Trinajstić information content (AvgIpc) is 2.71. The van der Waals surface area contributed by atoms with Gasteiger partial charge in [-0.2, -0.15) is 0 Å². The van der Waals surface area contributed by atoms with Crippen LogP contribution in [0.2, 0.25) is 0 Å². The lowest BCUT2D eigenvalue weighted by Crippen LogP contribution is -2.17. The Morgan fingerprint density at radius 2 is 1.85 bits per heavy atom. The molecule has 1 heterocycles. The van der Waals surface area contributed by atoms with Crippen LogP contribution in [0.5, 0.6) is 5.75 Å². The maximum atomic E-state index is 5.80. The lowest BCUT2D eigenvalue weighted by atomic mass is 10.1. The predicted molar refractivity (Wildman–Crippen MR) is 82.8 cm³/mol. The molecule has 0 saturated carbocycles. The number of fused-ring (bicyclic) bond motifs is 1. The Kier molecular flexibility index (Phi) is 3.88. The van der Waals surface area contributed by atoms with Gasteiger partial charge >= 0.3 is 0 Å². The van der Waals surface area contributed by atoms with Crippen LogP contribution < -0.4 is 15.4 Å². The summed E-state index contributed by atoms with van der Waals surface area (Å²) in [5.74, 6) is 0.969. The molecule has 2 N–H and O–H groups in total. The Hall–Kier alpha value is -2.00.